The van der Waals surface area contributed by atoms with Gasteiger partial charge in [-0.25, -0.2) is 14.0 Å². The van der Waals surface area contributed by atoms with Crippen LogP contribution in [0.25, 0.3) is 5.65 Å². The van der Waals surface area contributed by atoms with Crippen LogP contribution in [0.2, 0.25) is 4.34 Å². The van der Waals surface area contributed by atoms with Crippen molar-refractivity contribution < 1.29 is 68.4 Å². The minimum atomic E-state index is -1.59. The Morgan fingerprint density at radius 2 is 2.08 bits per heavy atom. The monoisotopic (exact) mass is 613 g/mol. The molecule has 0 saturated carbocycles. The first-order chi connectivity index (χ1) is 18.7. The van der Waals surface area contributed by atoms with E-state index in [4.69, 9.17) is 17.3 Å². The fraction of sp³-hybridized carbons (Fsp3) is 0.227. The van der Waals surface area contributed by atoms with Crippen LogP contribution >= 0.6 is 34.7 Å². The molecule has 40 heavy (non-hydrogen) atoms. The van der Waals surface area contributed by atoms with Gasteiger partial charge in [0.15, 0.2) is 17.5 Å². The molecule has 0 bridgehead atoms. The number of hydrogen-bond acceptors (Lipinski definition) is 12. The maximum absolute atomic E-state index is 13.1. The van der Waals surface area contributed by atoms with E-state index in [0.717, 1.165) is 21.9 Å². The molecular formula is C22H17ClN7NaO7S2. The Hall–Kier alpha value is -3.15. The van der Waals surface area contributed by atoms with Crippen LogP contribution in [-0.4, -0.2) is 67.5 Å². The van der Waals surface area contributed by atoms with Gasteiger partial charge in [0.25, 0.3) is 17.5 Å². The van der Waals surface area contributed by atoms with Gasteiger partial charge in [0.1, 0.15) is 40.4 Å². The topological polar surface area (TPSA) is 198 Å². The molecule has 2 amide bonds. The molecule has 18 heteroatoms. The summed E-state index contributed by atoms with van der Waals surface area (Å²) in [5.41, 5.74) is 5.98. The van der Waals surface area contributed by atoms with Crippen LogP contribution in [0.3, 0.4) is 0 Å². The Balaban J connectivity index is 0.00000370. The van der Waals surface area contributed by atoms with Gasteiger partial charge >= 0.3 is 29.6 Å². The van der Waals surface area contributed by atoms with E-state index in [1.807, 2.05) is 39.6 Å². The SMILES string of the molecule is Nc1nc(/C(=N/OCC(=O)[O-])C(=O)N[C@@H]2C(=O)N3C(C(=O)[O-])=C(C[n+]4ccn5ccccc54)CS[C@H]23)c(Cl)s1.[Na+]. The number of thiazole rings is 1. The Bertz CT molecular complexity index is 1590. The summed E-state index contributed by atoms with van der Waals surface area (Å²) < 4.78 is 3.70. The molecule has 1 saturated heterocycles. The molecule has 2 aliphatic rings. The molecule has 5 rings (SSSR count). The summed E-state index contributed by atoms with van der Waals surface area (Å²) in [6, 6.07) is 4.46. The van der Waals surface area contributed by atoms with Crippen LogP contribution < -0.4 is 55.4 Å². The Kier molecular flexibility index (Phi) is 9.06. The average Bonchev–Trinajstić information content (AvgIpc) is 3.46. The third-order valence-electron chi connectivity index (χ3n) is 5.84. The van der Waals surface area contributed by atoms with Gasteiger partial charge < -0.3 is 35.7 Å². The van der Waals surface area contributed by atoms with Crippen LogP contribution in [0.1, 0.15) is 5.69 Å². The molecule has 3 aromatic rings. The van der Waals surface area contributed by atoms with Gasteiger partial charge in [-0.1, -0.05) is 34.2 Å². The van der Waals surface area contributed by atoms with E-state index in [0.29, 0.717) is 5.57 Å². The number of pyridine rings is 1. The van der Waals surface area contributed by atoms with Crippen LogP contribution in [0.5, 0.6) is 0 Å². The second-order valence-corrected chi connectivity index (χ2v) is 11.0. The number of β-lactam (4-membered cyclic amide) rings is 1. The fourth-order valence-corrected chi connectivity index (χ4v) is 6.46. The van der Waals surface area contributed by atoms with Crippen LogP contribution in [-0.2, 0) is 30.6 Å². The first-order valence-electron chi connectivity index (χ1n) is 11.1. The number of aliphatic carboxylic acids is 2. The fourth-order valence-electron chi connectivity index (χ4n) is 4.19. The maximum Gasteiger partial charge on any atom is 1.00 e. The Morgan fingerprint density at radius 3 is 2.75 bits per heavy atom. The van der Waals surface area contributed by atoms with E-state index in [2.05, 4.69) is 20.3 Å². The quantitative estimate of drug-likeness (QED) is 0.0771. The number of thioether (sulfide) groups is 1. The normalized spacial score (nSPS) is 18.6. The van der Waals surface area contributed by atoms with E-state index in [1.165, 1.54) is 11.8 Å². The third kappa shape index (κ3) is 5.68. The standard InChI is InChI=1S/C22H18ClN7O7S2.Na/c23-17-13(26-22(24)39-17)14(27-37-8-12(31)32)18(33)25-15-19(34)30-16(21(35)36)10(9-38-20(15)30)7-29-6-5-28-4-2-1-3-11(28)29;/h1-6,15,20H,7-9H2,(H4-,24,25,26,31,32,33,35,36);/q;+1/p-1/b27-14-;/t15-,20-;/m1./s1. The Labute approximate surface area is 260 Å². The number of nitrogens with zero attached hydrogens (tertiary/aromatic N) is 5. The van der Waals surface area contributed by atoms with Gasteiger partial charge in [-0.3, -0.25) is 14.5 Å². The Morgan fingerprint density at radius 1 is 1.30 bits per heavy atom. The number of hydrogen-bond donors (Lipinski definition) is 2. The number of amides is 2. The molecule has 0 unspecified atom stereocenters. The molecule has 0 spiro atoms. The molecule has 0 radical (unpaired) electrons. The summed E-state index contributed by atoms with van der Waals surface area (Å²) in [7, 11) is 0. The number of nitrogen functional groups attached to an aromatic ring is 1. The summed E-state index contributed by atoms with van der Waals surface area (Å²) in [5, 5.41) is 28.1. The van der Waals surface area contributed by atoms with Gasteiger partial charge in [-0.2, -0.15) is 0 Å². The largest absolute Gasteiger partial charge is 1.00 e. The zero-order chi connectivity index (χ0) is 27.8. The summed E-state index contributed by atoms with van der Waals surface area (Å²) >= 11 is 8.19. The molecule has 0 aromatic carbocycles. The summed E-state index contributed by atoms with van der Waals surface area (Å²) in [5.74, 6) is -4.48. The number of anilines is 1. The number of carbonyl (C=O) groups is 4. The van der Waals surface area contributed by atoms with Crippen molar-refractivity contribution in [3.63, 3.8) is 0 Å². The van der Waals surface area contributed by atoms with Crippen LogP contribution in [0.4, 0.5) is 5.13 Å². The average molecular weight is 614 g/mol. The number of imidazole rings is 1. The predicted molar refractivity (Wildman–Crippen MR) is 134 cm³/mol. The van der Waals surface area contributed by atoms with Crippen molar-refractivity contribution in [3.05, 3.63) is 58.1 Å². The van der Waals surface area contributed by atoms with E-state index in [9.17, 15) is 29.4 Å². The van der Waals surface area contributed by atoms with Crippen LogP contribution in [0.15, 0.2) is 53.2 Å². The van der Waals surface area contributed by atoms with Gasteiger partial charge in [0, 0.05) is 17.4 Å². The van der Waals surface area contributed by atoms with E-state index < -0.39 is 47.5 Å². The molecule has 3 N–H and O–H groups in total. The molecule has 1 fully saturated rings. The zero-order valence-corrected chi connectivity index (χ0v) is 25.0. The first-order valence-corrected chi connectivity index (χ1v) is 13.4. The third-order valence-corrected chi connectivity index (χ3v) is 8.26. The number of fused-ring (bicyclic) bond motifs is 2. The number of halogens is 1. The molecular weight excluding hydrogens is 597 g/mol. The van der Waals surface area contributed by atoms with Crippen molar-refractivity contribution in [1.29, 1.82) is 0 Å². The second kappa shape index (κ2) is 12.2. The molecule has 3 aromatic heterocycles. The maximum atomic E-state index is 13.1. The number of aromatic nitrogens is 3. The number of oxime groups is 1. The van der Waals surface area contributed by atoms with Crippen molar-refractivity contribution in [3.8, 4) is 0 Å². The van der Waals surface area contributed by atoms with Gasteiger partial charge in [0.2, 0.25) is 0 Å². The van der Waals surface area contributed by atoms with Gasteiger partial charge in [-0.15, -0.1) is 11.8 Å². The summed E-state index contributed by atoms with van der Waals surface area (Å²) in [6.45, 7) is -0.749. The zero-order valence-electron chi connectivity index (χ0n) is 20.6. The van der Waals surface area contributed by atoms with Crippen LogP contribution in [0, 0.1) is 0 Å². The number of nitrogens with one attached hydrogen (secondary N) is 1. The van der Waals surface area contributed by atoms with E-state index in [1.54, 1.807) is 6.20 Å². The van der Waals surface area contributed by atoms with E-state index >= 15 is 0 Å². The predicted octanol–water partition coefficient (Wildman–Crippen LogP) is -5.50. The smallest absolute Gasteiger partial charge is 0.546 e. The number of rotatable bonds is 9. The van der Waals surface area contributed by atoms with Gasteiger partial charge in [0.05, 0.1) is 23.8 Å². The first kappa shape index (κ1) is 29.8. The number of nitrogens with two attached hydrogens (primary N) is 1. The van der Waals surface area contributed by atoms with Crippen molar-refractivity contribution >= 4 is 74.9 Å². The molecule has 0 aliphatic carbocycles. The minimum Gasteiger partial charge on any atom is -0.546 e. The minimum absolute atomic E-state index is 0. The van der Waals surface area contributed by atoms with Crippen molar-refractivity contribution in [1.82, 2.24) is 19.6 Å². The molecule has 14 nitrogen and oxygen atoms in total. The molecule has 2 aliphatic heterocycles. The summed E-state index contributed by atoms with van der Waals surface area (Å²) in [6.07, 6.45) is 5.48. The number of carboxylic acids is 2. The van der Waals surface area contributed by atoms with E-state index in [-0.39, 0.29) is 62.7 Å². The second-order valence-electron chi connectivity index (χ2n) is 8.25. The molecule has 2 atom stereocenters. The molecule has 202 valence electrons. The van der Waals surface area contributed by atoms with Gasteiger partial charge in [-0.05, 0) is 6.07 Å². The summed E-state index contributed by atoms with van der Waals surface area (Å²) in [4.78, 5) is 58.6. The van der Waals surface area contributed by atoms with Crippen molar-refractivity contribution in [2.45, 2.75) is 18.0 Å². The molecule has 5 heterocycles. The number of carbonyl (C=O) groups excluding carboxylic acids is 4. The van der Waals surface area contributed by atoms with Crippen molar-refractivity contribution in [2.75, 3.05) is 18.1 Å². The number of carboxylic acid groups (broad SMARTS) is 2. The van der Waals surface area contributed by atoms with Crippen molar-refractivity contribution in [2.24, 2.45) is 5.16 Å².